The van der Waals surface area contributed by atoms with Crippen LogP contribution in [0.15, 0.2) is 48.5 Å². The number of carbonyl (C=O) groups excluding carboxylic acids is 2. The molecule has 0 bridgehead atoms. The Morgan fingerprint density at radius 2 is 1.87 bits per heavy atom. The molecule has 2 fully saturated rings. The zero-order chi connectivity index (χ0) is 21.4. The van der Waals surface area contributed by atoms with Crippen LogP contribution in [0.5, 0.6) is 0 Å². The van der Waals surface area contributed by atoms with Crippen molar-refractivity contribution >= 4 is 28.5 Å². The Bertz CT molecular complexity index is 1110. The number of nitrogens with zero attached hydrogens (tertiary/aromatic N) is 3. The standard InChI is InChI=1S/C24H25FN4O2/c25-19-7-4-8-20-22(19)23(27-26-20)29-15-18(14-21(29)30)24(31)28-11-9-17(10-12-28)13-16-5-2-1-3-6-16/h1-8,17-18H,9-15H2,(H,26,27). The van der Waals surface area contributed by atoms with Gasteiger partial charge in [0.1, 0.15) is 5.82 Å². The van der Waals surface area contributed by atoms with Gasteiger partial charge >= 0.3 is 0 Å². The largest absolute Gasteiger partial charge is 0.342 e. The molecule has 7 heteroatoms. The predicted molar refractivity (Wildman–Crippen MR) is 116 cm³/mol. The van der Waals surface area contributed by atoms with E-state index < -0.39 is 11.7 Å². The van der Waals surface area contributed by atoms with Gasteiger partial charge in [-0.1, -0.05) is 36.4 Å². The minimum absolute atomic E-state index is 0.0225. The lowest BCUT2D eigenvalue weighted by atomic mass is 9.89. The third kappa shape index (κ3) is 3.80. The van der Waals surface area contributed by atoms with Crippen molar-refractivity contribution < 1.29 is 14.0 Å². The molecule has 1 unspecified atom stereocenters. The van der Waals surface area contributed by atoms with Gasteiger partial charge in [-0.3, -0.25) is 19.6 Å². The Morgan fingerprint density at radius 1 is 1.10 bits per heavy atom. The SMILES string of the molecule is O=C(C1CC(=O)N(c2n[nH]c3cccc(F)c23)C1)N1CCC(Cc2ccccc2)CC1. The lowest BCUT2D eigenvalue weighted by molar-refractivity contribution is -0.137. The van der Waals surface area contributed by atoms with E-state index in [1.165, 1.54) is 16.5 Å². The van der Waals surface area contributed by atoms with Crippen LogP contribution < -0.4 is 4.90 Å². The number of anilines is 1. The summed E-state index contributed by atoms with van der Waals surface area (Å²) in [5.74, 6) is -0.147. The van der Waals surface area contributed by atoms with Gasteiger partial charge in [-0.15, -0.1) is 0 Å². The lowest BCUT2D eigenvalue weighted by Crippen LogP contribution is -2.42. The second-order valence-electron chi connectivity index (χ2n) is 8.57. The zero-order valence-electron chi connectivity index (χ0n) is 17.3. The van der Waals surface area contributed by atoms with Crippen LogP contribution in [0.25, 0.3) is 10.9 Å². The molecule has 1 aromatic heterocycles. The molecule has 0 saturated carbocycles. The molecule has 1 N–H and O–H groups in total. The maximum Gasteiger partial charge on any atom is 0.229 e. The average Bonchev–Trinajstić information content (AvgIpc) is 3.39. The Labute approximate surface area is 180 Å². The Morgan fingerprint density at radius 3 is 2.65 bits per heavy atom. The number of amides is 2. The van der Waals surface area contributed by atoms with Crippen LogP contribution in [0.3, 0.4) is 0 Å². The fourth-order valence-electron chi connectivity index (χ4n) is 4.85. The van der Waals surface area contributed by atoms with Crippen molar-refractivity contribution in [3.8, 4) is 0 Å². The highest BCUT2D eigenvalue weighted by Crippen LogP contribution is 2.32. The van der Waals surface area contributed by atoms with Gasteiger partial charge in [0.05, 0.1) is 16.8 Å². The minimum atomic E-state index is -0.427. The topological polar surface area (TPSA) is 69.3 Å². The van der Waals surface area contributed by atoms with Gasteiger partial charge < -0.3 is 4.90 Å². The number of fused-ring (bicyclic) bond motifs is 1. The molecule has 2 saturated heterocycles. The van der Waals surface area contributed by atoms with Crippen LogP contribution in [0.4, 0.5) is 10.2 Å². The highest BCUT2D eigenvalue weighted by Gasteiger charge is 2.39. The number of rotatable bonds is 4. The van der Waals surface area contributed by atoms with Crippen LogP contribution >= 0.6 is 0 Å². The fraction of sp³-hybridized carbons (Fsp3) is 0.375. The zero-order valence-corrected chi connectivity index (χ0v) is 17.3. The number of aromatic nitrogens is 2. The van der Waals surface area contributed by atoms with Crippen molar-refractivity contribution in [2.75, 3.05) is 24.5 Å². The van der Waals surface area contributed by atoms with Gasteiger partial charge in [0.25, 0.3) is 0 Å². The normalized spacial score (nSPS) is 20.0. The van der Waals surface area contributed by atoms with Crippen LogP contribution in [-0.4, -0.2) is 46.5 Å². The summed E-state index contributed by atoms with van der Waals surface area (Å²) >= 11 is 0. The summed E-state index contributed by atoms with van der Waals surface area (Å²) in [5.41, 5.74) is 1.88. The molecule has 2 aliphatic rings. The molecule has 0 aliphatic carbocycles. The highest BCUT2D eigenvalue weighted by molar-refractivity contribution is 6.05. The van der Waals surface area contributed by atoms with Crippen molar-refractivity contribution in [2.45, 2.75) is 25.7 Å². The number of halogens is 1. The van der Waals surface area contributed by atoms with Crippen molar-refractivity contribution in [2.24, 2.45) is 11.8 Å². The quantitative estimate of drug-likeness (QED) is 0.702. The van der Waals surface area contributed by atoms with E-state index >= 15 is 0 Å². The molecule has 1 atom stereocenters. The lowest BCUT2D eigenvalue weighted by Gasteiger charge is -2.33. The molecule has 2 aliphatic heterocycles. The number of nitrogens with one attached hydrogen (secondary N) is 1. The number of hydrogen-bond acceptors (Lipinski definition) is 3. The van der Waals surface area contributed by atoms with Gasteiger partial charge in [0, 0.05) is 26.1 Å². The van der Waals surface area contributed by atoms with Crippen LogP contribution in [-0.2, 0) is 16.0 Å². The van der Waals surface area contributed by atoms with Gasteiger partial charge in [0.15, 0.2) is 5.82 Å². The van der Waals surface area contributed by atoms with E-state index in [9.17, 15) is 14.0 Å². The molecule has 6 nitrogen and oxygen atoms in total. The molecule has 0 spiro atoms. The van der Waals surface area contributed by atoms with E-state index in [4.69, 9.17) is 0 Å². The van der Waals surface area contributed by atoms with E-state index in [0.717, 1.165) is 32.4 Å². The number of hydrogen-bond donors (Lipinski definition) is 1. The summed E-state index contributed by atoms with van der Waals surface area (Å²) in [6, 6.07) is 15.1. The molecule has 2 amide bonds. The Balaban J connectivity index is 1.23. The summed E-state index contributed by atoms with van der Waals surface area (Å²) in [7, 11) is 0. The fourth-order valence-corrected chi connectivity index (χ4v) is 4.85. The highest BCUT2D eigenvalue weighted by atomic mass is 19.1. The molecule has 2 aromatic carbocycles. The second kappa shape index (κ2) is 8.13. The van der Waals surface area contributed by atoms with Crippen LogP contribution in [0.2, 0.25) is 0 Å². The predicted octanol–water partition coefficient (Wildman–Crippen LogP) is 3.54. The van der Waals surface area contributed by atoms with Crippen molar-refractivity contribution in [1.29, 1.82) is 0 Å². The van der Waals surface area contributed by atoms with E-state index in [0.29, 0.717) is 16.8 Å². The second-order valence-corrected chi connectivity index (χ2v) is 8.57. The molecule has 5 rings (SSSR count). The number of benzene rings is 2. The van der Waals surface area contributed by atoms with Gasteiger partial charge in [0.2, 0.25) is 11.8 Å². The third-order valence-electron chi connectivity index (χ3n) is 6.54. The van der Waals surface area contributed by atoms with Gasteiger partial charge in [-0.25, -0.2) is 4.39 Å². The molecule has 160 valence electrons. The first-order valence-corrected chi connectivity index (χ1v) is 10.9. The first-order valence-electron chi connectivity index (χ1n) is 10.9. The molecule has 3 aromatic rings. The third-order valence-corrected chi connectivity index (χ3v) is 6.54. The summed E-state index contributed by atoms with van der Waals surface area (Å²) in [6.07, 6.45) is 3.13. The number of piperidine rings is 1. The van der Waals surface area contributed by atoms with Gasteiger partial charge in [-0.05, 0) is 42.9 Å². The molecule has 0 radical (unpaired) electrons. The van der Waals surface area contributed by atoms with E-state index in [1.54, 1.807) is 12.1 Å². The Kier molecular flexibility index (Phi) is 5.18. The summed E-state index contributed by atoms with van der Waals surface area (Å²) in [4.78, 5) is 29.1. The number of likely N-dealkylation sites (tertiary alicyclic amines) is 1. The summed E-state index contributed by atoms with van der Waals surface area (Å²) in [5, 5.41) is 7.24. The van der Waals surface area contributed by atoms with Crippen molar-refractivity contribution in [1.82, 2.24) is 15.1 Å². The van der Waals surface area contributed by atoms with Crippen molar-refractivity contribution in [3.63, 3.8) is 0 Å². The van der Waals surface area contributed by atoms with Crippen LogP contribution in [0, 0.1) is 17.7 Å². The van der Waals surface area contributed by atoms with E-state index in [-0.39, 0.29) is 30.6 Å². The van der Waals surface area contributed by atoms with E-state index in [2.05, 4.69) is 34.5 Å². The molecular formula is C24H25FN4O2. The minimum Gasteiger partial charge on any atom is -0.342 e. The Hall–Kier alpha value is -3.22. The number of carbonyl (C=O) groups is 2. The van der Waals surface area contributed by atoms with E-state index in [1.807, 2.05) is 11.0 Å². The summed E-state index contributed by atoms with van der Waals surface area (Å²) in [6.45, 7) is 1.69. The summed E-state index contributed by atoms with van der Waals surface area (Å²) < 4.78 is 14.3. The van der Waals surface area contributed by atoms with Crippen LogP contribution in [0.1, 0.15) is 24.8 Å². The first-order chi connectivity index (χ1) is 15.1. The maximum absolute atomic E-state index is 14.3. The molecular weight excluding hydrogens is 395 g/mol. The molecule has 31 heavy (non-hydrogen) atoms. The average molecular weight is 420 g/mol. The smallest absolute Gasteiger partial charge is 0.229 e. The first kappa shape index (κ1) is 19.7. The number of aromatic amines is 1. The number of H-pyrrole nitrogens is 1. The van der Waals surface area contributed by atoms with Gasteiger partial charge in [-0.2, -0.15) is 5.10 Å². The monoisotopic (exact) mass is 420 g/mol. The maximum atomic E-state index is 14.3. The van der Waals surface area contributed by atoms with Crippen molar-refractivity contribution in [3.05, 3.63) is 59.9 Å². The molecule has 3 heterocycles.